The third-order valence-electron chi connectivity index (χ3n) is 4.27. The van der Waals surface area contributed by atoms with Crippen LogP contribution in [0, 0.1) is 0 Å². The first-order valence-electron chi connectivity index (χ1n) is 7.71. The molecule has 1 aliphatic carbocycles. The van der Waals surface area contributed by atoms with Gasteiger partial charge in [-0.25, -0.2) is 0 Å². The number of aliphatic hydroxyl groups excluding tert-OH is 1. The molecule has 3 nitrogen and oxygen atoms in total. The van der Waals surface area contributed by atoms with Gasteiger partial charge in [0.25, 0.3) is 0 Å². The quantitative estimate of drug-likeness (QED) is 0.839. The molecule has 0 radical (unpaired) electrons. The molecule has 1 fully saturated rings. The highest BCUT2D eigenvalue weighted by molar-refractivity contribution is 5.29. The van der Waals surface area contributed by atoms with E-state index >= 15 is 0 Å². The van der Waals surface area contributed by atoms with Crippen LogP contribution in [0.25, 0.3) is 0 Å². The van der Waals surface area contributed by atoms with Crippen molar-refractivity contribution in [3.8, 4) is 5.75 Å². The van der Waals surface area contributed by atoms with E-state index in [9.17, 15) is 5.11 Å². The highest BCUT2D eigenvalue weighted by Crippen LogP contribution is 2.32. The van der Waals surface area contributed by atoms with Crippen molar-refractivity contribution in [1.82, 2.24) is 5.32 Å². The van der Waals surface area contributed by atoms with Gasteiger partial charge in [0.2, 0.25) is 0 Å². The van der Waals surface area contributed by atoms with E-state index in [1.807, 2.05) is 0 Å². The van der Waals surface area contributed by atoms with Crippen LogP contribution in [-0.2, 0) is 0 Å². The first-order chi connectivity index (χ1) is 9.58. The van der Waals surface area contributed by atoms with Crippen molar-refractivity contribution < 1.29 is 9.84 Å². The van der Waals surface area contributed by atoms with Crippen molar-refractivity contribution >= 4 is 0 Å². The molecule has 0 spiro atoms. The van der Waals surface area contributed by atoms with Crippen LogP contribution in [-0.4, -0.2) is 29.9 Å². The van der Waals surface area contributed by atoms with Crippen molar-refractivity contribution in [3.05, 3.63) is 29.8 Å². The van der Waals surface area contributed by atoms with Gasteiger partial charge in [-0.1, -0.05) is 32.9 Å². The van der Waals surface area contributed by atoms with Gasteiger partial charge in [0, 0.05) is 12.0 Å². The van der Waals surface area contributed by atoms with Gasteiger partial charge in [-0.3, -0.25) is 0 Å². The Morgan fingerprint density at radius 2 is 2.05 bits per heavy atom. The Morgan fingerprint density at radius 3 is 2.60 bits per heavy atom. The first-order valence-corrected chi connectivity index (χ1v) is 7.71. The van der Waals surface area contributed by atoms with E-state index in [1.165, 1.54) is 5.56 Å². The van der Waals surface area contributed by atoms with Crippen molar-refractivity contribution in [2.75, 3.05) is 13.2 Å². The smallest absolute Gasteiger partial charge is 0.119 e. The molecule has 2 atom stereocenters. The summed E-state index contributed by atoms with van der Waals surface area (Å²) >= 11 is 0. The number of hydrogen-bond donors (Lipinski definition) is 2. The maximum Gasteiger partial charge on any atom is 0.119 e. The van der Waals surface area contributed by atoms with Crippen LogP contribution in [0.2, 0.25) is 0 Å². The Balaban J connectivity index is 1.94. The van der Waals surface area contributed by atoms with E-state index in [-0.39, 0.29) is 18.2 Å². The molecule has 1 saturated carbocycles. The van der Waals surface area contributed by atoms with Gasteiger partial charge in [0.15, 0.2) is 0 Å². The summed E-state index contributed by atoms with van der Waals surface area (Å²) in [6.07, 6.45) is 3.06. The molecule has 0 heterocycles. The maximum atomic E-state index is 9.61. The molecule has 112 valence electrons. The lowest BCUT2D eigenvalue weighted by molar-refractivity contribution is 0.142. The van der Waals surface area contributed by atoms with Crippen LogP contribution in [0.3, 0.4) is 0 Å². The average Bonchev–Trinajstić information content (AvgIpc) is 2.83. The minimum atomic E-state index is -0.142. The van der Waals surface area contributed by atoms with Crippen LogP contribution in [0.5, 0.6) is 5.75 Å². The summed E-state index contributed by atoms with van der Waals surface area (Å²) < 4.78 is 6.06. The van der Waals surface area contributed by atoms with Crippen LogP contribution < -0.4 is 10.1 Å². The van der Waals surface area contributed by atoms with Gasteiger partial charge in [0.1, 0.15) is 11.9 Å². The zero-order valence-electron chi connectivity index (χ0n) is 12.9. The number of benzene rings is 1. The predicted molar refractivity (Wildman–Crippen MR) is 82.3 cm³/mol. The molecule has 0 amide bonds. The van der Waals surface area contributed by atoms with E-state index in [1.54, 1.807) is 0 Å². The van der Waals surface area contributed by atoms with Gasteiger partial charge in [0.05, 0.1) is 6.61 Å². The topological polar surface area (TPSA) is 41.5 Å². The molecule has 3 heteroatoms. The summed E-state index contributed by atoms with van der Waals surface area (Å²) in [5, 5.41) is 13.0. The molecule has 2 N–H and O–H groups in total. The van der Waals surface area contributed by atoms with Crippen molar-refractivity contribution in [3.63, 3.8) is 0 Å². The Kier molecular flexibility index (Phi) is 5.06. The van der Waals surface area contributed by atoms with Gasteiger partial charge >= 0.3 is 0 Å². The minimum absolute atomic E-state index is 0.142. The van der Waals surface area contributed by atoms with E-state index < -0.39 is 0 Å². The lowest BCUT2D eigenvalue weighted by Gasteiger charge is -2.27. The monoisotopic (exact) mass is 277 g/mol. The van der Waals surface area contributed by atoms with E-state index in [0.29, 0.717) is 5.92 Å². The van der Waals surface area contributed by atoms with Gasteiger partial charge in [-0.15, -0.1) is 0 Å². The highest BCUT2D eigenvalue weighted by atomic mass is 16.5. The fourth-order valence-electron chi connectivity index (χ4n) is 3.04. The van der Waals surface area contributed by atoms with Gasteiger partial charge in [-0.2, -0.15) is 0 Å². The van der Waals surface area contributed by atoms with Crippen LogP contribution in [0.15, 0.2) is 24.3 Å². The Labute approximate surface area is 122 Å². The standard InChI is InChI=1S/C17H27NO2/c1-4-18-17(12-19)10-9-16(11-17)20-15-7-5-14(6-8-15)13(2)3/h5-8,13,16,18-19H,4,9-12H2,1-3H3. The van der Waals surface area contributed by atoms with Crippen LogP contribution in [0.1, 0.15) is 51.5 Å². The fraction of sp³-hybridized carbons (Fsp3) is 0.647. The lowest BCUT2D eigenvalue weighted by Crippen LogP contribution is -2.46. The number of rotatable bonds is 6. The largest absolute Gasteiger partial charge is 0.490 e. The molecule has 1 aromatic carbocycles. The zero-order valence-corrected chi connectivity index (χ0v) is 12.9. The number of aliphatic hydroxyl groups is 1. The maximum absolute atomic E-state index is 9.61. The predicted octanol–water partition coefficient (Wildman–Crippen LogP) is 3.08. The minimum Gasteiger partial charge on any atom is -0.490 e. The highest BCUT2D eigenvalue weighted by Gasteiger charge is 2.39. The second kappa shape index (κ2) is 6.59. The van der Waals surface area contributed by atoms with Gasteiger partial charge < -0.3 is 15.2 Å². The number of hydrogen-bond acceptors (Lipinski definition) is 3. The zero-order chi connectivity index (χ0) is 14.6. The second-order valence-electron chi connectivity index (χ2n) is 6.18. The summed E-state index contributed by atoms with van der Waals surface area (Å²) in [5.74, 6) is 1.48. The number of ether oxygens (including phenoxy) is 1. The van der Waals surface area contributed by atoms with Crippen molar-refractivity contribution in [2.24, 2.45) is 0 Å². The molecule has 1 aromatic rings. The Hall–Kier alpha value is -1.06. The SMILES string of the molecule is CCNC1(CO)CCC(Oc2ccc(C(C)C)cc2)C1. The molecular formula is C17H27NO2. The molecule has 0 bridgehead atoms. The van der Waals surface area contributed by atoms with E-state index in [4.69, 9.17) is 4.74 Å². The lowest BCUT2D eigenvalue weighted by atomic mass is 9.99. The molecule has 1 aliphatic rings. The van der Waals surface area contributed by atoms with E-state index in [0.717, 1.165) is 31.6 Å². The molecular weight excluding hydrogens is 250 g/mol. The number of likely N-dealkylation sites (N-methyl/N-ethyl adjacent to an activating group) is 1. The Bertz CT molecular complexity index is 416. The summed E-state index contributed by atoms with van der Waals surface area (Å²) in [6, 6.07) is 8.39. The third-order valence-corrected chi connectivity index (χ3v) is 4.27. The van der Waals surface area contributed by atoms with E-state index in [2.05, 4.69) is 50.4 Å². The first kappa shape index (κ1) is 15.3. The summed E-state index contributed by atoms with van der Waals surface area (Å²) in [6.45, 7) is 7.54. The Morgan fingerprint density at radius 1 is 1.35 bits per heavy atom. The molecule has 2 unspecified atom stereocenters. The summed E-state index contributed by atoms with van der Waals surface area (Å²) in [5.41, 5.74) is 1.19. The average molecular weight is 277 g/mol. The third kappa shape index (κ3) is 3.53. The summed E-state index contributed by atoms with van der Waals surface area (Å²) in [7, 11) is 0. The normalized spacial score (nSPS) is 26.1. The molecule has 20 heavy (non-hydrogen) atoms. The fourth-order valence-corrected chi connectivity index (χ4v) is 3.04. The second-order valence-corrected chi connectivity index (χ2v) is 6.18. The van der Waals surface area contributed by atoms with Crippen LogP contribution >= 0.6 is 0 Å². The van der Waals surface area contributed by atoms with Gasteiger partial charge in [-0.05, 0) is 43.0 Å². The van der Waals surface area contributed by atoms with Crippen LogP contribution in [0.4, 0.5) is 0 Å². The summed E-state index contributed by atoms with van der Waals surface area (Å²) in [4.78, 5) is 0. The molecule has 0 aromatic heterocycles. The van der Waals surface area contributed by atoms with Crippen molar-refractivity contribution in [2.45, 2.75) is 57.6 Å². The van der Waals surface area contributed by atoms with Crippen molar-refractivity contribution in [1.29, 1.82) is 0 Å². The molecule has 0 aliphatic heterocycles. The number of nitrogens with one attached hydrogen (secondary N) is 1. The molecule has 2 rings (SSSR count). The molecule has 0 saturated heterocycles.